The van der Waals surface area contributed by atoms with Crippen molar-refractivity contribution in [2.24, 2.45) is 0 Å². The summed E-state index contributed by atoms with van der Waals surface area (Å²) < 4.78 is 29.9. The summed E-state index contributed by atoms with van der Waals surface area (Å²) in [6.45, 7) is 0. The van der Waals surface area contributed by atoms with Crippen molar-refractivity contribution in [3.63, 3.8) is 0 Å². The van der Waals surface area contributed by atoms with Crippen LogP contribution in [-0.4, -0.2) is 37.1 Å². The number of carbonyl (C=O) groups is 1. The third-order valence-electron chi connectivity index (χ3n) is 4.55. The quantitative estimate of drug-likeness (QED) is 0.413. The van der Waals surface area contributed by atoms with Gasteiger partial charge in [0.25, 0.3) is 0 Å². The molecule has 0 saturated carbocycles. The van der Waals surface area contributed by atoms with Crippen LogP contribution >= 0.6 is 11.3 Å². The Labute approximate surface area is 181 Å². The summed E-state index contributed by atoms with van der Waals surface area (Å²) >= 11 is 1.37. The molecule has 4 aromatic rings. The van der Waals surface area contributed by atoms with E-state index in [1.807, 2.05) is 11.4 Å². The molecule has 1 N–H and O–H groups in total. The lowest BCUT2D eigenvalue weighted by Crippen LogP contribution is -2.09. The first kappa shape index (κ1) is 20.5. The fourth-order valence-corrected chi connectivity index (χ4v) is 3.90. The van der Waals surface area contributed by atoms with Crippen LogP contribution in [0.15, 0.2) is 47.8 Å². The van der Waals surface area contributed by atoms with Gasteiger partial charge < -0.3 is 19.5 Å². The van der Waals surface area contributed by atoms with E-state index in [1.54, 1.807) is 24.3 Å². The number of anilines is 2. The molecule has 0 aliphatic heterocycles. The molecular weight excluding hydrogens is 421 g/mol. The number of nitrogens with zero attached hydrogens (tertiary/aromatic N) is 2. The second-order valence-electron chi connectivity index (χ2n) is 6.41. The lowest BCUT2D eigenvalue weighted by molar-refractivity contribution is 0.103. The average molecular weight is 439 g/mol. The molecule has 9 heteroatoms. The second kappa shape index (κ2) is 8.57. The fraction of sp³-hybridized carbons (Fsp3) is 0.136. The summed E-state index contributed by atoms with van der Waals surface area (Å²) in [6.07, 6.45) is 0. The minimum Gasteiger partial charge on any atom is -0.493 e. The molecule has 0 amide bonds. The van der Waals surface area contributed by atoms with Gasteiger partial charge in [-0.1, -0.05) is 0 Å². The highest BCUT2D eigenvalue weighted by Gasteiger charge is 2.22. The van der Waals surface area contributed by atoms with Gasteiger partial charge >= 0.3 is 0 Å². The molecule has 2 aromatic heterocycles. The molecule has 4 rings (SSSR count). The maximum atomic E-state index is 13.4. The van der Waals surface area contributed by atoms with Crippen LogP contribution in [0.3, 0.4) is 0 Å². The first-order valence-electron chi connectivity index (χ1n) is 9.16. The standard InChI is InChI=1S/C22H18FN3O4S/c1-28-16-10-12(11-17(29-2)20(16)30-3)19(27)18-21-15(8-9-31-21)25-22(26-18)24-14-6-4-13(23)5-7-14/h4-11H,1-3H3,(H,24,25,26). The number of methoxy groups -OCH3 is 3. The Bertz CT molecular complexity index is 1230. The lowest BCUT2D eigenvalue weighted by atomic mass is 10.1. The van der Waals surface area contributed by atoms with E-state index in [1.165, 1.54) is 44.8 Å². The van der Waals surface area contributed by atoms with Crippen LogP contribution < -0.4 is 19.5 Å². The van der Waals surface area contributed by atoms with E-state index in [2.05, 4.69) is 15.3 Å². The van der Waals surface area contributed by atoms with Crippen molar-refractivity contribution in [2.45, 2.75) is 0 Å². The SMILES string of the molecule is COc1cc(C(=O)c2nc(Nc3ccc(F)cc3)nc3ccsc23)cc(OC)c1OC. The summed E-state index contributed by atoms with van der Waals surface area (Å²) in [5, 5.41) is 4.86. The van der Waals surface area contributed by atoms with Gasteiger partial charge in [-0.2, -0.15) is 0 Å². The van der Waals surface area contributed by atoms with Crippen molar-refractivity contribution in [1.29, 1.82) is 0 Å². The van der Waals surface area contributed by atoms with E-state index in [0.717, 1.165) is 0 Å². The van der Waals surface area contributed by atoms with Gasteiger partial charge in [0.05, 0.1) is 31.5 Å². The van der Waals surface area contributed by atoms with Crippen molar-refractivity contribution >= 4 is 39.0 Å². The van der Waals surface area contributed by atoms with Crippen LogP contribution in [0.25, 0.3) is 10.2 Å². The molecular formula is C22H18FN3O4S. The Kier molecular flexibility index (Phi) is 5.68. The minimum atomic E-state index is -0.349. The highest BCUT2D eigenvalue weighted by molar-refractivity contribution is 7.17. The molecule has 0 aliphatic carbocycles. The number of ketones is 1. The zero-order valence-electron chi connectivity index (χ0n) is 16.9. The third-order valence-corrected chi connectivity index (χ3v) is 5.46. The molecule has 2 aromatic carbocycles. The zero-order chi connectivity index (χ0) is 22.0. The molecule has 0 radical (unpaired) electrons. The van der Waals surface area contributed by atoms with E-state index in [4.69, 9.17) is 14.2 Å². The molecule has 2 heterocycles. The smallest absolute Gasteiger partial charge is 0.228 e. The minimum absolute atomic E-state index is 0.230. The largest absolute Gasteiger partial charge is 0.493 e. The first-order chi connectivity index (χ1) is 15.0. The molecule has 0 atom stereocenters. The first-order valence-corrected chi connectivity index (χ1v) is 10.0. The molecule has 7 nitrogen and oxygen atoms in total. The van der Waals surface area contributed by atoms with E-state index in [-0.39, 0.29) is 23.2 Å². The van der Waals surface area contributed by atoms with Crippen LogP contribution in [0.1, 0.15) is 16.1 Å². The van der Waals surface area contributed by atoms with Crippen molar-refractivity contribution in [1.82, 2.24) is 9.97 Å². The molecule has 0 fully saturated rings. The molecule has 158 valence electrons. The second-order valence-corrected chi connectivity index (χ2v) is 7.32. The topological polar surface area (TPSA) is 82.6 Å². The van der Waals surface area contributed by atoms with Gasteiger partial charge in [-0.15, -0.1) is 11.3 Å². The molecule has 0 saturated heterocycles. The maximum absolute atomic E-state index is 13.4. The number of hydrogen-bond donors (Lipinski definition) is 1. The van der Waals surface area contributed by atoms with Gasteiger partial charge in [-0.3, -0.25) is 4.79 Å². The number of fused-ring (bicyclic) bond motifs is 1. The summed E-state index contributed by atoms with van der Waals surface area (Å²) in [7, 11) is 4.46. The lowest BCUT2D eigenvalue weighted by Gasteiger charge is -2.14. The van der Waals surface area contributed by atoms with Gasteiger partial charge in [-0.25, -0.2) is 14.4 Å². The van der Waals surface area contributed by atoms with Gasteiger partial charge in [0.2, 0.25) is 17.5 Å². The van der Waals surface area contributed by atoms with Crippen molar-refractivity contribution in [2.75, 3.05) is 26.6 Å². The van der Waals surface area contributed by atoms with Crippen molar-refractivity contribution < 1.29 is 23.4 Å². The number of thiophene rings is 1. The number of nitrogens with one attached hydrogen (secondary N) is 1. The summed E-state index contributed by atoms with van der Waals surface area (Å²) in [5.41, 5.74) is 1.79. The van der Waals surface area contributed by atoms with Gasteiger partial charge in [0.1, 0.15) is 11.5 Å². The fourth-order valence-electron chi connectivity index (χ4n) is 3.08. The molecule has 0 unspecified atom stereocenters. The number of benzene rings is 2. The Morgan fingerprint density at radius 2 is 1.65 bits per heavy atom. The monoisotopic (exact) mass is 439 g/mol. The number of carbonyl (C=O) groups excluding carboxylic acids is 1. The van der Waals surface area contributed by atoms with E-state index < -0.39 is 0 Å². The van der Waals surface area contributed by atoms with Crippen LogP contribution in [0.4, 0.5) is 16.0 Å². The predicted molar refractivity (Wildman–Crippen MR) is 117 cm³/mol. The van der Waals surface area contributed by atoms with Crippen LogP contribution in [0, 0.1) is 5.82 Å². The van der Waals surface area contributed by atoms with Gasteiger partial charge in [0, 0.05) is 11.3 Å². The Morgan fingerprint density at radius 3 is 2.26 bits per heavy atom. The normalized spacial score (nSPS) is 10.7. The van der Waals surface area contributed by atoms with Gasteiger partial charge in [0.15, 0.2) is 11.5 Å². The summed E-state index contributed by atoms with van der Waals surface area (Å²) in [6, 6.07) is 10.8. The van der Waals surface area contributed by atoms with Crippen LogP contribution in [0.2, 0.25) is 0 Å². The molecule has 0 aliphatic rings. The van der Waals surface area contributed by atoms with Crippen LogP contribution in [-0.2, 0) is 0 Å². The highest BCUT2D eigenvalue weighted by Crippen LogP contribution is 2.39. The zero-order valence-corrected chi connectivity index (χ0v) is 17.7. The van der Waals surface area contributed by atoms with Crippen molar-refractivity contribution in [3.8, 4) is 17.2 Å². The average Bonchev–Trinajstić information content (AvgIpc) is 3.27. The molecule has 0 spiro atoms. The van der Waals surface area contributed by atoms with E-state index in [0.29, 0.717) is 38.7 Å². The number of aromatic nitrogens is 2. The Morgan fingerprint density at radius 1 is 0.968 bits per heavy atom. The predicted octanol–water partition coefficient (Wildman–Crippen LogP) is 4.83. The number of ether oxygens (including phenoxy) is 3. The maximum Gasteiger partial charge on any atom is 0.228 e. The Balaban J connectivity index is 1.79. The van der Waals surface area contributed by atoms with Crippen molar-refractivity contribution in [3.05, 3.63) is 64.9 Å². The molecule has 0 bridgehead atoms. The summed E-state index contributed by atoms with van der Waals surface area (Å²) in [4.78, 5) is 22.3. The summed E-state index contributed by atoms with van der Waals surface area (Å²) in [5.74, 6) is 0.685. The van der Waals surface area contributed by atoms with E-state index in [9.17, 15) is 9.18 Å². The van der Waals surface area contributed by atoms with Gasteiger partial charge in [-0.05, 0) is 47.8 Å². The number of halogens is 1. The third kappa shape index (κ3) is 3.99. The van der Waals surface area contributed by atoms with E-state index >= 15 is 0 Å². The number of rotatable bonds is 7. The Hall–Kier alpha value is -3.72. The number of hydrogen-bond acceptors (Lipinski definition) is 8. The van der Waals surface area contributed by atoms with Crippen LogP contribution in [0.5, 0.6) is 17.2 Å². The highest BCUT2D eigenvalue weighted by atomic mass is 32.1. The molecule has 31 heavy (non-hydrogen) atoms.